The summed E-state index contributed by atoms with van der Waals surface area (Å²) >= 11 is 0. The van der Waals surface area contributed by atoms with Gasteiger partial charge in [0.1, 0.15) is 0 Å². The Morgan fingerprint density at radius 2 is 1.38 bits per heavy atom. The van der Waals surface area contributed by atoms with Gasteiger partial charge in [-0.3, -0.25) is 24.9 Å². The number of hydrogen-bond acceptors (Lipinski definition) is 7. The number of likely N-dealkylation sites (N-methyl/N-ethyl adjacent to an activating group) is 1. The van der Waals surface area contributed by atoms with Crippen LogP contribution >= 0.6 is 0 Å². The number of amides is 1. The molecule has 3 N–H and O–H groups in total. The van der Waals surface area contributed by atoms with Crippen LogP contribution in [0, 0.1) is 5.21 Å². The van der Waals surface area contributed by atoms with E-state index in [0.717, 1.165) is 89.6 Å². The van der Waals surface area contributed by atoms with Crippen LogP contribution < -0.4 is 11.3 Å². The van der Waals surface area contributed by atoms with Crippen LogP contribution in [0.15, 0.2) is 0 Å². The molecular formula is C22H47N8O2+. The van der Waals surface area contributed by atoms with Crippen molar-refractivity contribution in [3.63, 3.8) is 0 Å². The second-order valence-electron chi connectivity index (χ2n) is 10.3. The number of hydroxylamine groups is 3. The summed E-state index contributed by atoms with van der Waals surface area (Å²) in [5, 5.41) is 13.0. The van der Waals surface area contributed by atoms with Gasteiger partial charge in [0.15, 0.2) is 6.54 Å². The monoisotopic (exact) mass is 455 g/mol. The van der Waals surface area contributed by atoms with E-state index in [4.69, 9.17) is 5.84 Å². The van der Waals surface area contributed by atoms with E-state index in [-0.39, 0.29) is 10.6 Å². The van der Waals surface area contributed by atoms with Crippen molar-refractivity contribution in [2.45, 2.75) is 13.3 Å². The lowest BCUT2D eigenvalue weighted by Crippen LogP contribution is -2.65. The van der Waals surface area contributed by atoms with Crippen molar-refractivity contribution < 1.29 is 13.9 Å². The van der Waals surface area contributed by atoms with Crippen LogP contribution in [0.1, 0.15) is 13.3 Å². The number of piperazine rings is 3. The number of nitrogens with zero attached hydrogens (tertiary/aromatic N) is 6. The Labute approximate surface area is 194 Å². The molecule has 3 heterocycles. The largest absolute Gasteiger partial charge is 0.633 e. The van der Waals surface area contributed by atoms with Crippen molar-refractivity contribution in [2.24, 2.45) is 5.84 Å². The molecule has 0 radical (unpaired) electrons. The average molecular weight is 456 g/mol. The highest BCUT2D eigenvalue weighted by Crippen LogP contribution is 2.16. The molecule has 0 saturated carbocycles. The zero-order valence-corrected chi connectivity index (χ0v) is 20.5. The Morgan fingerprint density at radius 3 is 1.94 bits per heavy atom. The number of carbonyl (C=O) groups is 1. The van der Waals surface area contributed by atoms with Crippen molar-refractivity contribution in [2.75, 3.05) is 125 Å². The van der Waals surface area contributed by atoms with Crippen LogP contribution in [-0.2, 0) is 4.79 Å². The van der Waals surface area contributed by atoms with Gasteiger partial charge in [0, 0.05) is 65.4 Å². The summed E-state index contributed by atoms with van der Waals surface area (Å²) in [7, 11) is 2.09. The molecule has 32 heavy (non-hydrogen) atoms. The maximum Gasteiger partial charge on any atom is 0.289 e. The predicted octanol–water partition coefficient (Wildman–Crippen LogP) is -1.60. The maximum atomic E-state index is 13.0. The van der Waals surface area contributed by atoms with Crippen LogP contribution in [0.4, 0.5) is 0 Å². The first kappa shape index (κ1) is 25.8. The molecule has 3 fully saturated rings. The lowest BCUT2D eigenvalue weighted by Gasteiger charge is -2.49. The third-order valence-electron chi connectivity index (χ3n) is 7.92. The average Bonchev–Trinajstić information content (AvgIpc) is 2.81. The van der Waals surface area contributed by atoms with E-state index in [1.807, 2.05) is 0 Å². The van der Waals surface area contributed by atoms with E-state index in [1.165, 1.54) is 13.0 Å². The molecule has 10 nitrogen and oxygen atoms in total. The van der Waals surface area contributed by atoms with Gasteiger partial charge in [-0.2, -0.15) is 0 Å². The summed E-state index contributed by atoms with van der Waals surface area (Å²) in [4.78, 5) is 22.0. The van der Waals surface area contributed by atoms with Gasteiger partial charge >= 0.3 is 0 Å². The normalized spacial score (nSPS) is 25.6. The molecule has 0 aromatic rings. The topological polar surface area (TPSA) is 91.1 Å². The van der Waals surface area contributed by atoms with Crippen molar-refractivity contribution >= 4 is 5.91 Å². The standard InChI is InChI=1S/C22H46N8O2/c1-3-4-26-5-7-27(8-6-26)11-15-29(21-22(31)24-23)16-12-28(13-17-29)14-20-30(32)18-9-25(2)10-19-30/h3-21,23H2,1-2H3/p+1. The molecule has 10 heteroatoms. The minimum atomic E-state index is -0.0762. The van der Waals surface area contributed by atoms with Gasteiger partial charge in [-0.1, -0.05) is 6.92 Å². The summed E-state index contributed by atoms with van der Waals surface area (Å²) in [6.07, 6.45) is 1.22. The quantitative estimate of drug-likeness (QED) is 0.135. The molecule has 0 spiro atoms. The molecule has 3 saturated heterocycles. The Bertz CT molecular complexity index is 568. The summed E-state index contributed by atoms with van der Waals surface area (Å²) in [5.41, 5.74) is 2.35. The molecule has 3 aliphatic heterocycles. The van der Waals surface area contributed by atoms with Gasteiger partial charge < -0.3 is 19.2 Å². The number of hydrazine groups is 1. The smallest absolute Gasteiger partial charge is 0.289 e. The number of quaternary nitrogens is 2. The maximum absolute atomic E-state index is 13.0. The van der Waals surface area contributed by atoms with Gasteiger partial charge in [0.25, 0.3) is 5.91 Å². The fourth-order valence-electron chi connectivity index (χ4n) is 5.35. The van der Waals surface area contributed by atoms with Gasteiger partial charge in [-0.05, 0) is 20.0 Å². The molecule has 3 rings (SSSR count). The lowest BCUT2D eigenvalue weighted by molar-refractivity contribution is -0.925. The lowest BCUT2D eigenvalue weighted by atomic mass is 10.2. The van der Waals surface area contributed by atoms with Crippen molar-refractivity contribution in [1.29, 1.82) is 0 Å². The summed E-state index contributed by atoms with van der Waals surface area (Å²) in [6.45, 7) is 19.0. The zero-order valence-electron chi connectivity index (χ0n) is 20.5. The zero-order chi connectivity index (χ0) is 23.0. The van der Waals surface area contributed by atoms with Gasteiger partial charge in [-0.15, -0.1) is 0 Å². The van der Waals surface area contributed by atoms with Crippen molar-refractivity contribution in [3.8, 4) is 0 Å². The van der Waals surface area contributed by atoms with E-state index in [1.54, 1.807) is 0 Å². The molecule has 0 atom stereocenters. The van der Waals surface area contributed by atoms with E-state index in [9.17, 15) is 10.0 Å². The molecule has 0 aliphatic carbocycles. The Balaban J connectivity index is 1.46. The highest BCUT2D eigenvalue weighted by molar-refractivity contribution is 5.76. The number of nitrogens with one attached hydrogen (secondary N) is 1. The SMILES string of the molecule is CCCN1CCN(CC[N+]2(CC(=O)NN)CCN(CC[N+]3([O-])CCN(C)CC3)CC2)CC1. The van der Waals surface area contributed by atoms with Crippen LogP contribution in [0.25, 0.3) is 0 Å². The minimum absolute atomic E-state index is 0.0551. The van der Waals surface area contributed by atoms with Crippen LogP contribution in [-0.4, -0.2) is 159 Å². The molecule has 0 aromatic carbocycles. The molecule has 0 bridgehead atoms. The number of hydrogen-bond donors (Lipinski definition) is 2. The highest BCUT2D eigenvalue weighted by Gasteiger charge is 2.36. The third kappa shape index (κ3) is 7.59. The van der Waals surface area contributed by atoms with E-state index in [0.29, 0.717) is 26.2 Å². The second-order valence-corrected chi connectivity index (χ2v) is 10.3. The van der Waals surface area contributed by atoms with Crippen LogP contribution in [0.5, 0.6) is 0 Å². The number of carbonyl (C=O) groups excluding carboxylic acids is 1. The van der Waals surface area contributed by atoms with Crippen molar-refractivity contribution in [1.82, 2.24) is 25.0 Å². The van der Waals surface area contributed by atoms with Crippen LogP contribution in [0.3, 0.4) is 0 Å². The number of rotatable bonds is 10. The van der Waals surface area contributed by atoms with E-state index < -0.39 is 0 Å². The molecular weight excluding hydrogens is 408 g/mol. The summed E-state index contributed by atoms with van der Waals surface area (Å²) in [5.74, 6) is 5.36. The molecule has 0 unspecified atom stereocenters. The second kappa shape index (κ2) is 12.0. The third-order valence-corrected chi connectivity index (χ3v) is 7.92. The predicted molar refractivity (Wildman–Crippen MR) is 127 cm³/mol. The van der Waals surface area contributed by atoms with Crippen molar-refractivity contribution in [3.05, 3.63) is 5.21 Å². The Hall–Kier alpha value is -0.850. The fourth-order valence-corrected chi connectivity index (χ4v) is 5.35. The van der Waals surface area contributed by atoms with Gasteiger partial charge in [-0.25, -0.2) is 5.84 Å². The Kier molecular flexibility index (Phi) is 9.69. The van der Waals surface area contributed by atoms with Gasteiger partial charge in [0.2, 0.25) is 0 Å². The summed E-state index contributed by atoms with van der Waals surface area (Å²) in [6, 6.07) is 0. The number of nitrogens with two attached hydrogens (primary N) is 1. The Morgan fingerprint density at radius 1 is 0.844 bits per heavy atom. The fraction of sp³-hybridized carbons (Fsp3) is 0.955. The summed E-state index contributed by atoms with van der Waals surface area (Å²) < 4.78 is 0.747. The first-order valence-corrected chi connectivity index (χ1v) is 12.6. The molecule has 1 amide bonds. The van der Waals surface area contributed by atoms with Gasteiger partial charge in [0.05, 0.1) is 39.3 Å². The minimum Gasteiger partial charge on any atom is -0.633 e. The first-order valence-electron chi connectivity index (χ1n) is 12.6. The van der Waals surface area contributed by atoms with E-state index in [2.05, 4.69) is 39.0 Å². The molecule has 186 valence electrons. The first-order chi connectivity index (χ1) is 15.4. The molecule has 3 aliphatic rings. The van der Waals surface area contributed by atoms with Crippen LogP contribution in [0.2, 0.25) is 0 Å². The van der Waals surface area contributed by atoms with E-state index >= 15 is 0 Å². The highest BCUT2D eigenvalue weighted by atomic mass is 16.5. The molecule has 0 aromatic heterocycles.